The van der Waals surface area contributed by atoms with E-state index in [-0.39, 0.29) is 22.7 Å². The van der Waals surface area contributed by atoms with E-state index in [9.17, 15) is 13.6 Å². The molecule has 0 aliphatic heterocycles. The van der Waals surface area contributed by atoms with Crippen molar-refractivity contribution in [2.45, 2.75) is 0 Å². The molecule has 0 atom stereocenters. The predicted octanol–water partition coefficient (Wildman–Crippen LogP) is 2.19. The molecule has 0 fully saturated rings. The Morgan fingerprint density at radius 3 is 2.67 bits per heavy atom. The lowest BCUT2D eigenvalue weighted by molar-refractivity contribution is 0.112. The van der Waals surface area contributed by atoms with E-state index in [0.29, 0.717) is 6.29 Å². The lowest BCUT2D eigenvalue weighted by atomic mass is 10.1. The molecule has 18 heavy (non-hydrogen) atoms. The summed E-state index contributed by atoms with van der Waals surface area (Å²) in [7, 11) is 2.84. The van der Waals surface area contributed by atoms with E-state index in [1.165, 1.54) is 18.0 Å². The van der Waals surface area contributed by atoms with Crippen LogP contribution in [0.1, 0.15) is 10.5 Å². The van der Waals surface area contributed by atoms with Gasteiger partial charge in [0, 0.05) is 18.7 Å². The summed E-state index contributed by atoms with van der Waals surface area (Å²) in [5.41, 5.74) is 0.250. The molecule has 1 aromatic carbocycles. The number of ether oxygens (including phenoxy) is 1. The van der Waals surface area contributed by atoms with Crippen molar-refractivity contribution in [2.24, 2.45) is 7.05 Å². The number of aromatic nitrogens is 2. The van der Waals surface area contributed by atoms with Gasteiger partial charge in [0.2, 0.25) is 0 Å². The van der Waals surface area contributed by atoms with Crippen molar-refractivity contribution in [3.63, 3.8) is 0 Å². The topological polar surface area (TPSA) is 44.1 Å². The van der Waals surface area contributed by atoms with Gasteiger partial charge in [-0.05, 0) is 6.07 Å². The lowest BCUT2D eigenvalue weighted by Crippen LogP contribution is -1.98. The monoisotopic (exact) mass is 252 g/mol. The molecule has 0 radical (unpaired) electrons. The van der Waals surface area contributed by atoms with Crippen LogP contribution in [0.4, 0.5) is 8.78 Å². The van der Waals surface area contributed by atoms with Crippen molar-refractivity contribution in [3.8, 4) is 17.0 Å². The van der Waals surface area contributed by atoms with Crippen molar-refractivity contribution in [3.05, 3.63) is 35.8 Å². The van der Waals surface area contributed by atoms with Crippen molar-refractivity contribution in [1.29, 1.82) is 0 Å². The van der Waals surface area contributed by atoms with Gasteiger partial charge in [-0.3, -0.25) is 4.79 Å². The molecule has 0 saturated heterocycles. The van der Waals surface area contributed by atoms with Crippen LogP contribution in [0.5, 0.6) is 5.75 Å². The van der Waals surface area contributed by atoms with Crippen LogP contribution in [-0.2, 0) is 7.05 Å². The average molecular weight is 252 g/mol. The molecule has 0 aliphatic carbocycles. The third kappa shape index (κ3) is 1.85. The molecule has 0 spiro atoms. The zero-order chi connectivity index (χ0) is 13.3. The van der Waals surface area contributed by atoms with Crippen LogP contribution < -0.4 is 4.74 Å². The molecular weight excluding hydrogens is 242 g/mol. The number of nitrogens with zero attached hydrogens (tertiary/aromatic N) is 2. The smallest absolute Gasteiger partial charge is 0.170 e. The Balaban J connectivity index is 2.67. The number of carbonyl (C=O) groups is 1. The quantitative estimate of drug-likeness (QED) is 0.786. The summed E-state index contributed by atoms with van der Waals surface area (Å²) in [5.74, 6) is -1.57. The highest BCUT2D eigenvalue weighted by Crippen LogP contribution is 2.29. The Morgan fingerprint density at radius 2 is 2.06 bits per heavy atom. The third-order valence-corrected chi connectivity index (χ3v) is 2.57. The van der Waals surface area contributed by atoms with E-state index in [1.54, 1.807) is 7.05 Å². The second-order valence-corrected chi connectivity index (χ2v) is 3.67. The van der Waals surface area contributed by atoms with Crippen molar-refractivity contribution >= 4 is 6.29 Å². The number of imidazole rings is 1. The van der Waals surface area contributed by atoms with Gasteiger partial charge >= 0.3 is 0 Å². The van der Waals surface area contributed by atoms with Crippen LogP contribution in [0, 0.1) is 11.6 Å². The predicted molar refractivity (Wildman–Crippen MR) is 60.5 cm³/mol. The van der Waals surface area contributed by atoms with Crippen LogP contribution in [0.2, 0.25) is 0 Å². The first-order chi connectivity index (χ1) is 8.58. The third-order valence-electron chi connectivity index (χ3n) is 2.57. The summed E-state index contributed by atoms with van der Waals surface area (Å²) in [5, 5.41) is 0. The highest BCUT2D eigenvalue weighted by molar-refractivity contribution is 5.84. The molecule has 0 aliphatic rings. The van der Waals surface area contributed by atoms with Gasteiger partial charge in [-0.25, -0.2) is 13.8 Å². The number of benzene rings is 1. The summed E-state index contributed by atoms with van der Waals surface area (Å²) < 4.78 is 33.6. The first-order valence-corrected chi connectivity index (χ1v) is 5.08. The minimum absolute atomic E-state index is 0.0320. The van der Waals surface area contributed by atoms with E-state index < -0.39 is 11.6 Å². The second kappa shape index (κ2) is 4.56. The maximum Gasteiger partial charge on any atom is 0.170 e. The number of hydrogen-bond donors (Lipinski definition) is 0. The molecule has 4 nitrogen and oxygen atoms in total. The minimum atomic E-state index is -0.702. The minimum Gasteiger partial charge on any atom is -0.494 e. The molecule has 94 valence electrons. The molecule has 2 rings (SSSR count). The maximum atomic E-state index is 13.9. The molecule has 0 bridgehead atoms. The number of carbonyl (C=O) groups excluding carboxylic acids is 1. The molecule has 1 heterocycles. The van der Waals surface area contributed by atoms with E-state index in [4.69, 9.17) is 0 Å². The highest BCUT2D eigenvalue weighted by atomic mass is 19.1. The van der Waals surface area contributed by atoms with E-state index in [0.717, 1.165) is 12.1 Å². The van der Waals surface area contributed by atoms with Crippen LogP contribution in [0.15, 0.2) is 18.5 Å². The van der Waals surface area contributed by atoms with Crippen LogP contribution in [-0.4, -0.2) is 22.9 Å². The Labute approximate surface area is 102 Å². The first-order valence-electron chi connectivity index (χ1n) is 5.08. The Bertz CT molecular complexity index is 608. The average Bonchev–Trinajstić information content (AvgIpc) is 2.72. The molecule has 6 heteroatoms. The fourth-order valence-electron chi connectivity index (χ4n) is 1.73. The number of aryl methyl sites for hydroxylation is 1. The Morgan fingerprint density at radius 1 is 1.33 bits per heavy atom. The number of hydrogen-bond acceptors (Lipinski definition) is 3. The summed E-state index contributed by atoms with van der Waals surface area (Å²) in [6, 6.07) is 1.92. The normalized spacial score (nSPS) is 10.4. The number of rotatable bonds is 3. The molecule has 0 amide bonds. The Hall–Kier alpha value is -2.24. The standard InChI is InChI=1S/C12H10F2N2O2/c1-16-6-15-10(5-17)12(16)7-3-9(14)11(18-2)4-8(7)13/h3-6H,1-2H3. The summed E-state index contributed by atoms with van der Waals surface area (Å²) >= 11 is 0. The van der Waals surface area contributed by atoms with Gasteiger partial charge < -0.3 is 9.30 Å². The van der Waals surface area contributed by atoms with Crippen LogP contribution in [0.25, 0.3) is 11.3 Å². The van der Waals surface area contributed by atoms with Gasteiger partial charge in [0.25, 0.3) is 0 Å². The van der Waals surface area contributed by atoms with Crippen LogP contribution in [0.3, 0.4) is 0 Å². The zero-order valence-electron chi connectivity index (χ0n) is 9.78. The maximum absolute atomic E-state index is 13.9. The molecule has 0 unspecified atom stereocenters. The van der Waals surface area contributed by atoms with Gasteiger partial charge in [0.05, 0.1) is 19.1 Å². The first kappa shape index (κ1) is 12.2. The second-order valence-electron chi connectivity index (χ2n) is 3.67. The van der Waals surface area contributed by atoms with Gasteiger partial charge in [0.1, 0.15) is 11.5 Å². The molecule has 2 aromatic rings. The molecule has 0 saturated carbocycles. The largest absolute Gasteiger partial charge is 0.494 e. The SMILES string of the molecule is COc1cc(F)c(-c2c(C=O)ncn2C)cc1F. The van der Waals surface area contributed by atoms with E-state index >= 15 is 0 Å². The molecule has 1 aromatic heterocycles. The van der Waals surface area contributed by atoms with Gasteiger partial charge in [-0.15, -0.1) is 0 Å². The van der Waals surface area contributed by atoms with Crippen molar-refractivity contribution in [1.82, 2.24) is 9.55 Å². The number of halogens is 2. The Kier molecular flexibility index (Phi) is 3.10. The number of aldehydes is 1. The van der Waals surface area contributed by atoms with Gasteiger partial charge in [0.15, 0.2) is 17.9 Å². The summed E-state index contributed by atoms with van der Waals surface area (Å²) in [6.07, 6.45) is 1.86. The van der Waals surface area contributed by atoms with E-state index in [1.807, 2.05) is 0 Å². The van der Waals surface area contributed by atoms with Crippen molar-refractivity contribution < 1.29 is 18.3 Å². The molecular formula is C12H10F2N2O2. The van der Waals surface area contributed by atoms with Gasteiger partial charge in [-0.2, -0.15) is 0 Å². The number of methoxy groups -OCH3 is 1. The van der Waals surface area contributed by atoms with Gasteiger partial charge in [-0.1, -0.05) is 0 Å². The fourth-order valence-corrected chi connectivity index (χ4v) is 1.73. The van der Waals surface area contributed by atoms with Crippen LogP contribution >= 0.6 is 0 Å². The highest BCUT2D eigenvalue weighted by Gasteiger charge is 2.18. The summed E-state index contributed by atoms with van der Waals surface area (Å²) in [6.45, 7) is 0. The molecule has 0 N–H and O–H groups in total. The van der Waals surface area contributed by atoms with Crippen molar-refractivity contribution in [2.75, 3.05) is 7.11 Å². The fraction of sp³-hybridized carbons (Fsp3) is 0.167. The lowest BCUT2D eigenvalue weighted by Gasteiger charge is -2.08. The zero-order valence-corrected chi connectivity index (χ0v) is 9.78. The van der Waals surface area contributed by atoms with E-state index in [2.05, 4.69) is 9.72 Å². The summed E-state index contributed by atoms with van der Waals surface area (Å²) in [4.78, 5) is 14.6.